The normalized spacial score (nSPS) is 14.2. The van der Waals surface area contributed by atoms with Crippen LogP contribution >= 0.6 is 0 Å². The summed E-state index contributed by atoms with van der Waals surface area (Å²) in [6.07, 6.45) is 3.48. The summed E-state index contributed by atoms with van der Waals surface area (Å²) >= 11 is 0. The number of hydrogen-bond acceptors (Lipinski definition) is 2. The molecular weight excluding hydrogens is 162 g/mol. The van der Waals surface area contributed by atoms with Crippen LogP contribution in [0, 0.1) is 5.92 Å². The van der Waals surface area contributed by atoms with Crippen LogP contribution < -0.4 is 5.73 Å². The molecule has 0 amide bonds. The highest BCUT2D eigenvalue weighted by Crippen LogP contribution is 2.14. The molecule has 2 heteroatoms. The van der Waals surface area contributed by atoms with Crippen LogP contribution in [0.5, 0.6) is 0 Å². The quantitative estimate of drug-likeness (QED) is 0.691. The zero-order valence-electron chi connectivity index (χ0n) is 9.39. The van der Waals surface area contributed by atoms with E-state index >= 15 is 0 Å². The monoisotopic (exact) mass is 185 g/mol. The summed E-state index contributed by atoms with van der Waals surface area (Å²) in [4.78, 5) is 11.5. The largest absolute Gasteiger partial charge is 0.325 e. The number of carbonyl (C=O) groups is 1. The smallest absolute Gasteiger partial charge is 0.134 e. The first-order chi connectivity index (χ1) is 5.85. The molecule has 0 saturated carbocycles. The number of hydrogen-bond donors (Lipinski definition) is 1. The average Bonchev–Trinajstić information content (AvgIpc) is 1.81. The molecule has 0 spiro atoms. The van der Waals surface area contributed by atoms with E-state index in [2.05, 4.69) is 13.8 Å². The number of Topliss-reactive ketones (excluding diaryl/α,β-unsaturated/α-hetero) is 1. The molecule has 78 valence electrons. The van der Waals surface area contributed by atoms with E-state index in [-0.39, 0.29) is 5.54 Å². The van der Waals surface area contributed by atoms with Gasteiger partial charge in [-0.2, -0.15) is 0 Å². The average molecular weight is 185 g/mol. The van der Waals surface area contributed by atoms with Gasteiger partial charge in [0.2, 0.25) is 0 Å². The zero-order valence-corrected chi connectivity index (χ0v) is 9.39. The Morgan fingerprint density at radius 3 is 2.38 bits per heavy atom. The van der Waals surface area contributed by atoms with Crippen molar-refractivity contribution in [2.75, 3.05) is 0 Å². The molecule has 0 bridgehead atoms. The van der Waals surface area contributed by atoms with Gasteiger partial charge in [-0.05, 0) is 19.8 Å². The van der Waals surface area contributed by atoms with Crippen molar-refractivity contribution in [3.63, 3.8) is 0 Å². The van der Waals surface area contributed by atoms with Crippen molar-refractivity contribution in [1.29, 1.82) is 0 Å². The van der Waals surface area contributed by atoms with E-state index in [4.69, 9.17) is 5.73 Å². The maximum absolute atomic E-state index is 11.5. The van der Waals surface area contributed by atoms with Gasteiger partial charge in [0.15, 0.2) is 0 Å². The van der Waals surface area contributed by atoms with Gasteiger partial charge in [-0.15, -0.1) is 0 Å². The highest BCUT2D eigenvalue weighted by Gasteiger charge is 2.17. The molecule has 0 aromatic rings. The van der Waals surface area contributed by atoms with E-state index in [1.54, 1.807) is 0 Å². The first-order valence-corrected chi connectivity index (χ1v) is 5.15. The predicted octanol–water partition coefficient (Wildman–Crippen LogP) is 2.51. The summed E-state index contributed by atoms with van der Waals surface area (Å²) in [5, 5.41) is 0. The third kappa shape index (κ3) is 7.97. The molecule has 0 fully saturated rings. The lowest BCUT2D eigenvalue weighted by Crippen LogP contribution is -2.34. The van der Waals surface area contributed by atoms with Crippen LogP contribution in [0.15, 0.2) is 0 Å². The van der Waals surface area contributed by atoms with Crippen LogP contribution in [0.1, 0.15) is 53.4 Å². The molecule has 0 radical (unpaired) electrons. The molecular formula is C11H23NO. The molecule has 0 saturated heterocycles. The van der Waals surface area contributed by atoms with Crippen LogP contribution in [0.2, 0.25) is 0 Å². The highest BCUT2D eigenvalue weighted by atomic mass is 16.1. The predicted molar refractivity (Wildman–Crippen MR) is 56.6 cm³/mol. The van der Waals surface area contributed by atoms with Crippen LogP contribution in [-0.4, -0.2) is 11.3 Å². The Balaban J connectivity index is 3.74. The summed E-state index contributed by atoms with van der Waals surface area (Å²) < 4.78 is 0. The van der Waals surface area contributed by atoms with Gasteiger partial charge in [-0.25, -0.2) is 0 Å². The van der Waals surface area contributed by atoms with Crippen molar-refractivity contribution in [2.24, 2.45) is 11.7 Å². The summed E-state index contributed by atoms with van der Waals surface area (Å²) in [5.41, 5.74) is 5.42. The van der Waals surface area contributed by atoms with Gasteiger partial charge in [0, 0.05) is 18.4 Å². The number of ketones is 1. The zero-order chi connectivity index (χ0) is 10.5. The van der Waals surface area contributed by atoms with E-state index < -0.39 is 0 Å². The van der Waals surface area contributed by atoms with Crippen molar-refractivity contribution in [1.82, 2.24) is 0 Å². The lowest BCUT2D eigenvalue weighted by molar-refractivity contribution is -0.120. The molecule has 0 aromatic heterocycles. The number of rotatable bonds is 6. The van der Waals surface area contributed by atoms with Gasteiger partial charge in [-0.1, -0.05) is 26.7 Å². The van der Waals surface area contributed by atoms with Gasteiger partial charge in [0.25, 0.3) is 0 Å². The van der Waals surface area contributed by atoms with E-state index in [0.29, 0.717) is 24.5 Å². The fourth-order valence-electron chi connectivity index (χ4n) is 1.56. The second-order valence-corrected chi connectivity index (χ2v) is 4.80. The topological polar surface area (TPSA) is 43.1 Å². The fraction of sp³-hybridized carbons (Fsp3) is 0.909. The second-order valence-electron chi connectivity index (χ2n) is 4.80. The van der Waals surface area contributed by atoms with Crippen molar-refractivity contribution in [2.45, 2.75) is 58.9 Å². The fourth-order valence-corrected chi connectivity index (χ4v) is 1.56. The Labute approximate surface area is 81.9 Å². The second kappa shape index (κ2) is 5.38. The summed E-state index contributed by atoms with van der Waals surface area (Å²) in [6, 6.07) is 0. The maximum Gasteiger partial charge on any atom is 0.134 e. The van der Waals surface area contributed by atoms with E-state index in [1.165, 1.54) is 0 Å². The molecule has 0 aliphatic carbocycles. The van der Waals surface area contributed by atoms with Gasteiger partial charge in [-0.3, -0.25) is 4.79 Å². The molecule has 13 heavy (non-hydrogen) atoms. The SMILES string of the molecule is CCCC(C)CC(=O)CC(C)(C)N. The summed E-state index contributed by atoms with van der Waals surface area (Å²) in [7, 11) is 0. The molecule has 0 aliphatic rings. The molecule has 0 heterocycles. The first kappa shape index (κ1) is 12.6. The molecule has 0 aliphatic heterocycles. The Hall–Kier alpha value is -0.370. The van der Waals surface area contributed by atoms with Gasteiger partial charge in [0.1, 0.15) is 5.78 Å². The Kier molecular flexibility index (Phi) is 5.23. The molecule has 2 nitrogen and oxygen atoms in total. The minimum Gasteiger partial charge on any atom is -0.325 e. The standard InChI is InChI=1S/C11H23NO/c1-5-6-9(2)7-10(13)8-11(3,4)12/h9H,5-8,12H2,1-4H3. The van der Waals surface area contributed by atoms with Crippen molar-refractivity contribution < 1.29 is 4.79 Å². The van der Waals surface area contributed by atoms with Gasteiger partial charge in [0.05, 0.1) is 0 Å². The van der Waals surface area contributed by atoms with Gasteiger partial charge < -0.3 is 5.73 Å². The molecule has 2 N–H and O–H groups in total. The highest BCUT2D eigenvalue weighted by molar-refractivity contribution is 5.79. The van der Waals surface area contributed by atoms with Gasteiger partial charge >= 0.3 is 0 Å². The lowest BCUT2D eigenvalue weighted by atomic mass is 9.92. The van der Waals surface area contributed by atoms with E-state index in [1.807, 2.05) is 13.8 Å². The first-order valence-electron chi connectivity index (χ1n) is 5.15. The summed E-state index contributed by atoms with van der Waals surface area (Å²) in [5.74, 6) is 0.813. The molecule has 0 rings (SSSR count). The maximum atomic E-state index is 11.5. The van der Waals surface area contributed by atoms with Crippen molar-refractivity contribution >= 4 is 5.78 Å². The van der Waals surface area contributed by atoms with Crippen molar-refractivity contribution in [3.05, 3.63) is 0 Å². The van der Waals surface area contributed by atoms with Crippen LogP contribution in [0.4, 0.5) is 0 Å². The minimum atomic E-state index is -0.344. The number of nitrogens with two attached hydrogens (primary N) is 1. The van der Waals surface area contributed by atoms with E-state index in [9.17, 15) is 4.79 Å². The van der Waals surface area contributed by atoms with Crippen LogP contribution in [-0.2, 0) is 4.79 Å². The minimum absolute atomic E-state index is 0.299. The Morgan fingerprint density at radius 2 is 2.00 bits per heavy atom. The van der Waals surface area contributed by atoms with Crippen LogP contribution in [0.25, 0.3) is 0 Å². The third-order valence-corrected chi connectivity index (χ3v) is 2.01. The molecule has 1 unspecified atom stereocenters. The lowest BCUT2D eigenvalue weighted by Gasteiger charge is -2.18. The number of carbonyl (C=O) groups excluding carboxylic acids is 1. The Morgan fingerprint density at radius 1 is 1.46 bits per heavy atom. The third-order valence-electron chi connectivity index (χ3n) is 2.01. The van der Waals surface area contributed by atoms with Crippen molar-refractivity contribution in [3.8, 4) is 0 Å². The van der Waals surface area contributed by atoms with Crippen LogP contribution in [0.3, 0.4) is 0 Å². The summed E-state index contributed by atoms with van der Waals surface area (Å²) in [6.45, 7) is 8.07. The molecule has 0 aromatic carbocycles. The van der Waals surface area contributed by atoms with E-state index in [0.717, 1.165) is 12.8 Å². The molecule has 1 atom stereocenters. The Bertz CT molecular complexity index is 158.